The van der Waals surface area contributed by atoms with Gasteiger partial charge in [-0.05, 0) is 39.0 Å². The first-order valence-corrected chi connectivity index (χ1v) is 6.01. The Morgan fingerprint density at radius 2 is 1.94 bits per heavy atom. The fourth-order valence-corrected chi connectivity index (χ4v) is 2.30. The highest BCUT2D eigenvalue weighted by Gasteiger charge is 2.18. The zero-order chi connectivity index (χ0) is 12.3. The molecule has 1 fully saturated rings. The van der Waals surface area contributed by atoms with Crippen LogP contribution in [0.5, 0.6) is 0 Å². The van der Waals surface area contributed by atoms with E-state index in [0.29, 0.717) is 18.2 Å². The van der Waals surface area contributed by atoms with E-state index in [9.17, 15) is 8.78 Å². The van der Waals surface area contributed by atoms with Gasteiger partial charge in [0.05, 0.1) is 0 Å². The number of hydrogen-bond donors (Lipinski definition) is 1. The average molecular weight is 277 g/mol. The Labute approximate surface area is 113 Å². The summed E-state index contributed by atoms with van der Waals surface area (Å²) in [5.41, 5.74) is 0.562. The largest absolute Gasteiger partial charge is 0.317 e. The van der Waals surface area contributed by atoms with E-state index in [1.165, 1.54) is 12.1 Å². The van der Waals surface area contributed by atoms with Crippen LogP contribution in [0.4, 0.5) is 8.78 Å². The second kappa shape index (κ2) is 7.02. The normalized spacial score (nSPS) is 16.7. The van der Waals surface area contributed by atoms with E-state index in [1.807, 2.05) is 7.05 Å². The molecule has 2 rings (SSSR count). The van der Waals surface area contributed by atoms with Gasteiger partial charge in [0.25, 0.3) is 0 Å². The molecule has 0 aliphatic carbocycles. The number of hydrogen-bond acceptors (Lipinski definition) is 2. The predicted octanol–water partition coefficient (Wildman–Crippen LogP) is 2.57. The minimum absolute atomic E-state index is 0. The van der Waals surface area contributed by atoms with Crippen molar-refractivity contribution in [3.8, 4) is 0 Å². The smallest absolute Gasteiger partial charge is 0.130 e. The van der Waals surface area contributed by atoms with Crippen LogP contribution in [0.25, 0.3) is 0 Å². The Balaban J connectivity index is 0.00000162. The van der Waals surface area contributed by atoms with Crippen molar-refractivity contribution < 1.29 is 8.78 Å². The Morgan fingerprint density at radius 1 is 1.28 bits per heavy atom. The first kappa shape index (κ1) is 15.3. The van der Waals surface area contributed by atoms with Gasteiger partial charge in [-0.15, -0.1) is 12.4 Å². The summed E-state index contributed by atoms with van der Waals surface area (Å²) in [4.78, 5) is 2.15. The van der Waals surface area contributed by atoms with Crippen LogP contribution in [0.1, 0.15) is 18.4 Å². The van der Waals surface area contributed by atoms with Crippen LogP contribution < -0.4 is 5.32 Å². The van der Waals surface area contributed by atoms with Crippen molar-refractivity contribution in [2.24, 2.45) is 0 Å². The van der Waals surface area contributed by atoms with Gasteiger partial charge >= 0.3 is 0 Å². The highest BCUT2D eigenvalue weighted by Crippen LogP contribution is 2.16. The van der Waals surface area contributed by atoms with E-state index in [4.69, 9.17) is 0 Å². The summed E-state index contributed by atoms with van der Waals surface area (Å²) in [7, 11) is 2.00. The second-order valence-corrected chi connectivity index (χ2v) is 4.63. The molecule has 1 aromatic carbocycles. The molecule has 0 bridgehead atoms. The fourth-order valence-electron chi connectivity index (χ4n) is 2.30. The number of benzene rings is 1. The molecule has 1 heterocycles. The van der Waals surface area contributed by atoms with Gasteiger partial charge in [0.1, 0.15) is 11.6 Å². The van der Waals surface area contributed by atoms with E-state index >= 15 is 0 Å². The van der Waals surface area contributed by atoms with Crippen LogP contribution in [0.3, 0.4) is 0 Å². The third-order valence-electron chi connectivity index (χ3n) is 3.37. The average Bonchev–Trinajstić information content (AvgIpc) is 2.34. The van der Waals surface area contributed by atoms with E-state index in [1.54, 1.807) is 0 Å². The molecule has 1 aliphatic heterocycles. The Morgan fingerprint density at radius 3 is 2.56 bits per heavy atom. The molecule has 0 atom stereocenters. The maximum atomic E-state index is 13.5. The molecular weight excluding hydrogens is 258 g/mol. The van der Waals surface area contributed by atoms with E-state index in [0.717, 1.165) is 32.0 Å². The maximum Gasteiger partial charge on any atom is 0.130 e. The molecular formula is C13H19ClF2N2. The SMILES string of the molecule is CN(Cc1ccc(F)cc1F)C1CCNCC1.Cl. The summed E-state index contributed by atoms with van der Waals surface area (Å²) in [6, 6.07) is 4.28. The number of nitrogens with one attached hydrogen (secondary N) is 1. The van der Waals surface area contributed by atoms with Gasteiger partial charge in [0.15, 0.2) is 0 Å². The molecule has 0 radical (unpaired) electrons. The lowest BCUT2D eigenvalue weighted by atomic mass is 10.0. The Hall–Kier alpha value is -0.710. The highest BCUT2D eigenvalue weighted by molar-refractivity contribution is 5.85. The topological polar surface area (TPSA) is 15.3 Å². The monoisotopic (exact) mass is 276 g/mol. The van der Waals surface area contributed by atoms with Gasteiger partial charge in [-0.1, -0.05) is 6.07 Å². The molecule has 5 heteroatoms. The fraction of sp³-hybridized carbons (Fsp3) is 0.538. The molecule has 0 spiro atoms. The third-order valence-corrected chi connectivity index (χ3v) is 3.37. The molecule has 1 saturated heterocycles. The molecule has 0 amide bonds. The van der Waals surface area contributed by atoms with Gasteiger partial charge in [-0.3, -0.25) is 4.90 Å². The standard InChI is InChI=1S/C13H18F2N2.ClH/c1-17(12-4-6-16-7-5-12)9-10-2-3-11(14)8-13(10)15;/h2-3,8,12,16H,4-7,9H2,1H3;1H. The molecule has 1 aliphatic rings. The van der Waals surface area contributed by atoms with Gasteiger partial charge in [0, 0.05) is 24.2 Å². The Bertz CT molecular complexity index is 381. The van der Waals surface area contributed by atoms with Crippen molar-refractivity contribution in [3.63, 3.8) is 0 Å². The van der Waals surface area contributed by atoms with Gasteiger partial charge in [-0.2, -0.15) is 0 Å². The summed E-state index contributed by atoms with van der Waals surface area (Å²) >= 11 is 0. The minimum atomic E-state index is -0.518. The van der Waals surface area contributed by atoms with Crippen molar-refractivity contribution in [2.75, 3.05) is 20.1 Å². The van der Waals surface area contributed by atoms with Crippen LogP contribution in [-0.2, 0) is 6.54 Å². The third kappa shape index (κ3) is 3.90. The predicted molar refractivity (Wildman–Crippen MR) is 71.0 cm³/mol. The highest BCUT2D eigenvalue weighted by atomic mass is 35.5. The second-order valence-electron chi connectivity index (χ2n) is 4.63. The lowest BCUT2D eigenvalue weighted by molar-refractivity contribution is 0.189. The molecule has 102 valence electrons. The summed E-state index contributed by atoms with van der Waals surface area (Å²) in [6.07, 6.45) is 2.17. The molecule has 18 heavy (non-hydrogen) atoms. The molecule has 1 N–H and O–H groups in total. The zero-order valence-corrected chi connectivity index (χ0v) is 11.3. The van der Waals surface area contributed by atoms with Crippen molar-refractivity contribution in [2.45, 2.75) is 25.4 Å². The van der Waals surface area contributed by atoms with Crippen molar-refractivity contribution >= 4 is 12.4 Å². The molecule has 1 aromatic rings. The summed E-state index contributed by atoms with van der Waals surface area (Å²) in [6.45, 7) is 2.57. The summed E-state index contributed by atoms with van der Waals surface area (Å²) < 4.78 is 26.3. The quantitative estimate of drug-likeness (QED) is 0.913. The maximum absolute atomic E-state index is 13.5. The van der Waals surface area contributed by atoms with Crippen LogP contribution >= 0.6 is 12.4 Å². The van der Waals surface area contributed by atoms with Crippen LogP contribution in [0.2, 0.25) is 0 Å². The molecule has 0 unspecified atom stereocenters. The zero-order valence-electron chi connectivity index (χ0n) is 10.5. The van der Waals surface area contributed by atoms with Crippen LogP contribution in [0.15, 0.2) is 18.2 Å². The number of nitrogens with zero attached hydrogens (tertiary/aromatic N) is 1. The lowest BCUT2D eigenvalue weighted by Gasteiger charge is -2.31. The van der Waals surface area contributed by atoms with Gasteiger partial charge in [0.2, 0.25) is 0 Å². The van der Waals surface area contributed by atoms with E-state index < -0.39 is 11.6 Å². The molecule has 0 saturated carbocycles. The van der Waals surface area contributed by atoms with E-state index in [-0.39, 0.29) is 12.4 Å². The van der Waals surface area contributed by atoms with Crippen LogP contribution in [-0.4, -0.2) is 31.1 Å². The van der Waals surface area contributed by atoms with Crippen molar-refractivity contribution in [1.29, 1.82) is 0 Å². The summed E-state index contributed by atoms with van der Waals surface area (Å²) in [5, 5.41) is 3.30. The number of rotatable bonds is 3. The molecule has 0 aromatic heterocycles. The molecule has 2 nitrogen and oxygen atoms in total. The summed E-state index contributed by atoms with van der Waals surface area (Å²) in [5.74, 6) is -0.971. The van der Waals surface area contributed by atoms with Crippen molar-refractivity contribution in [1.82, 2.24) is 10.2 Å². The number of halogens is 3. The van der Waals surface area contributed by atoms with Crippen molar-refractivity contribution in [3.05, 3.63) is 35.4 Å². The van der Waals surface area contributed by atoms with Crippen LogP contribution in [0, 0.1) is 11.6 Å². The first-order valence-electron chi connectivity index (χ1n) is 6.01. The first-order chi connectivity index (χ1) is 8.16. The van der Waals surface area contributed by atoms with E-state index in [2.05, 4.69) is 10.2 Å². The van der Waals surface area contributed by atoms with Gasteiger partial charge in [-0.25, -0.2) is 8.78 Å². The van der Waals surface area contributed by atoms with Gasteiger partial charge < -0.3 is 5.32 Å². The lowest BCUT2D eigenvalue weighted by Crippen LogP contribution is -2.40. The Kier molecular flexibility index (Phi) is 5.99. The number of piperidine rings is 1. The minimum Gasteiger partial charge on any atom is -0.317 e.